The first-order valence-corrected chi connectivity index (χ1v) is 7.27. The maximum atomic E-state index is 11.8. The van der Waals surface area contributed by atoms with Crippen LogP contribution >= 0.6 is 0 Å². The summed E-state index contributed by atoms with van der Waals surface area (Å²) in [6, 6.07) is 8.56. The third-order valence-corrected chi connectivity index (χ3v) is 3.70. The quantitative estimate of drug-likeness (QED) is 0.722. The van der Waals surface area contributed by atoms with E-state index in [-0.39, 0.29) is 11.8 Å². The second-order valence-electron chi connectivity index (χ2n) is 5.37. The Morgan fingerprint density at radius 2 is 1.81 bits per heavy atom. The normalized spacial score (nSPS) is 14.8. The Balaban J connectivity index is 2.48. The molecule has 3 N–H and O–H groups in total. The van der Waals surface area contributed by atoms with E-state index in [9.17, 15) is 9.59 Å². The van der Waals surface area contributed by atoms with Gasteiger partial charge in [-0.05, 0) is 17.4 Å². The van der Waals surface area contributed by atoms with Crippen LogP contribution < -0.4 is 10.6 Å². The molecular weight excluding hydrogens is 268 g/mol. The third kappa shape index (κ3) is 5.45. The van der Waals surface area contributed by atoms with Gasteiger partial charge >= 0.3 is 12.0 Å². The first-order valence-electron chi connectivity index (χ1n) is 7.27. The monoisotopic (exact) mass is 292 g/mol. The van der Waals surface area contributed by atoms with Crippen molar-refractivity contribution in [1.29, 1.82) is 0 Å². The van der Waals surface area contributed by atoms with E-state index in [1.165, 1.54) is 0 Å². The standard InChI is InChI=1S/C16H24N2O3/c1-4-11(2)14(15(19)20)18-16(21)17-10-12(3)13-8-6-5-7-9-13/h5-9,11-12,14H,4,10H2,1-3H3,(H,19,20)(H2,17,18,21)/t11-,12?,14-/m0/s1. The smallest absolute Gasteiger partial charge is 0.326 e. The molecule has 0 saturated heterocycles. The van der Waals surface area contributed by atoms with E-state index in [4.69, 9.17) is 5.11 Å². The van der Waals surface area contributed by atoms with Crippen LogP contribution in [0.5, 0.6) is 0 Å². The summed E-state index contributed by atoms with van der Waals surface area (Å²) in [5.41, 5.74) is 1.13. The molecule has 0 aliphatic heterocycles. The van der Waals surface area contributed by atoms with E-state index in [0.717, 1.165) is 5.56 Å². The predicted molar refractivity (Wildman–Crippen MR) is 82.3 cm³/mol. The average molecular weight is 292 g/mol. The van der Waals surface area contributed by atoms with Crippen LogP contribution in [0.2, 0.25) is 0 Å². The van der Waals surface area contributed by atoms with Gasteiger partial charge in [-0.2, -0.15) is 0 Å². The molecule has 1 aromatic carbocycles. The summed E-state index contributed by atoms with van der Waals surface area (Å²) >= 11 is 0. The molecule has 0 saturated carbocycles. The second-order valence-corrected chi connectivity index (χ2v) is 5.37. The van der Waals surface area contributed by atoms with Crippen molar-refractivity contribution in [2.75, 3.05) is 6.54 Å². The zero-order valence-corrected chi connectivity index (χ0v) is 12.8. The number of carboxylic acids is 1. The minimum absolute atomic E-state index is 0.111. The summed E-state index contributed by atoms with van der Waals surface area (Å²) in [5, 5.41) is 14.4. The summed E-state index contributed by atoms with van der Waals surface area (Å²) in [6.07, 6.45) is 0.692. The van der Waals surface area contributed by atoms with Crippen molar-refractivity contribution in [3.05, 3.63) is 35.9 Å². The average Bonchev–Trinajstić information content (AvgIpc) is 2.50. The molecule has 1 rings (SSSR count). The van der Waals surface area contributed by atoms with Crippen molar-refractivity contribution in [2.45, 2.75) is 39.2 Å². The van der Waals surface area contributed by atoms with E-state index in [2.05, 4.69) is 10.6 Å². The maximum absolute atomic E-state index is 11.8. The van der Waals surface area contributed by atoms with Gasteiger partial charge in [-0.1, -0.05) is 57.5 Å². The van der Waals surface area contributed by atoms with Gasteiger partial charge in [0.15, 0.2) is 0 Å². The van der Waals surface area contributed by atoms with Crippen molar-refractivity contribution >= 4 is 12.0 Å². The van der Waals surface area contributed by atoms with Crippen LogP contribution in [0.25, 0.3) is 0 Å². The molecule has 3 atom stereocenters. The van der Waals surface area contributed by atoms with Crippen molar-refractivity contribution < 1.29 is 14.7 Å². The van der Waals surface area contributed by atoms with Crippen LogP contribution in [0.1, 0.15) is 38.7 Å². The number of hydrogen-bond acceptors (Lipinski definition) is 2. The van der Waals surface area contributed by atoms with E-state index >= 15 is 0 Å². The lowest BCUT2D eigenvalue weighted by Crippen LogP contribution is -2.49. The maximum Gasteiger partial charge on any atom is 0.326 e. The molecule has 0 spiro atoms. The number of benzene rings is 1. The van der Waals surface area contributed by atoms with Gasteiger partial charge in [0.05, 0.1) is 0 Å². The zero-order chi connectivity index (χ0) is 15.8. The molecule has 5 heteroatoms. The molecule has 0 aliphatic carbocycles. The van der Waals surface area contributed by atoms with Crippen LogP contribution in [0.15, 0.2) is 30.3 Å². The summed E-state index contributed by atoms with van der Waals surface area (Å²) in [6.45, 7) is 6.19. The summed E-state index contributed by atoms with van der Waals surface area (Å²) < 4.78 is 0. The van der Waals surface area contributed by atoms with Crippen LogP contribution in [0.3, 0.4) is 0 Å². The van der Waals surface area contributed by atoms with E-state index in [0.29, 0.717) is 13.0 Å². The van der Waals surface area contributed by atoms with Gasteiger partial charge in [-0.25, -0.2) is 9.59 Å². The van der Waals surface area contributed by atoms with Gasteiger partial charge in [0.25, 0.3) is 0 Å². The Hall–Kier alpha value is -2.04. The molecule has 1 aromatic rings. The van der Waals surface area contributed by atoms with Gasteiger partial charge in [-0.3, -0.25) is 0 Å². The minimum atomic E-state index is -1.00. The topological polar surface area (TPSA) is 78.4 Å². The molecule has 5 nitrogen and oxygen atoms in total. The van der Waals surface area contributed by atoms with Gasteiger partial charge in [0.2, 0.25) is 0 Å². The molecule has 2 amide bonds. The number of carbonyl (C=O) groups excluding carboxylic acids is 1. The number of carbonyl (C=O) groups is 2. The molecule has 0 bridgehead atoms. The fraction of sp³-hybridized carbons (Fsp3) is 0.500. The molecule has 21 heavy (non-hydrogen) atoms. The largest absolute Gasteiger partial charge is 0.480 e. The number of amides is 2. The van der Waals surface area contributed by atoms with Crippen LogP contribution in [0, 0.1) is 5.92 Å². The molecular formula is C16H24N2O3. The Labute approximate surface area is 125 Å². The lowest BCUT2D eigenvalue weighted by molar-refractivity contribution is -0.140. The van der Waals surface area contributed by atoms with Gasteiger partial charge in [0.1, 0.15) is 6.04 Å². The van der Waals surface area contributed by atoms with Crippen molar-refractivity contribution in [2.24, 2.45) is 5.92 Å². The highest BCUT2D eigenvalue weighted by Gasteiger charge is 2.25. The number of carboxylic acid groups (broad SMARTS) is 1. The van der Waals surface area contributed by atoms with E-state index < -0.39 is 18.0 Å². The number of nitrogens with one attached hydrogen (secondary N) is 2. The number of hydrogen-bond donors (Lipinski definition) is 3. The Morgan fingerprint density at radius 1 is 1.19 bits per heavy atom. The van der Waals surface area contributed by atoms with Gasteiger partial charge in [-0.15, -0.1) is 0 Å². The van der Waals surface area contributed by atoms with Crippen LogP contribution in [0.4, 0.5) is 4.79 Å². The lowest BCUT2D eigenvalue weighted by Gasteiger charge is -2.21. The molecule has 1 unspecified atom stereocenters. The van der Waals surface area contributed by atoms with Crippen molar-refractivity contribution in [3.8, 4) is 0 Å². The number of aliphatic carboxylic acids is 1. The molecule has 0 aromatic heterocycles. The summed E-state index contributed by atoms with van der Waals surface area (Å²) in [7, 11) is 0. The fourth-order valence-electron chi connectivity index (χ4n) is 2.02. The zero-order valence-electron chi connectivity index (χ0n) is 12.8. The van der Waals surface area contributed by atoms with Crippen molar-refractivity contribution in [3.63, 3.8) is 0 Å². The predicted octanol–water partition coefficient (Wildman–Crippen LogP) is 2.59. The van der Waals surface area contributed by atoms with E-state index in [1.54, 1.807) is 0 Å². The molecule has 0 radical (unpaired) electrons. The first kappa shape index (κ1) is 17.0. The molecule has 0 aliphatic rings. The van der Waals surface area contributed by atoms with Gasteiger partial charge in [0, 0.05) is 6.54 Å². The molecule has 116 valence electrons. The Bertz CT molecular complexity index is 462. The van der Waals surface area contributed by atoms with Crippen molar-refractivity contribution in [1.82, 2.24) is 10.6 Å². The summed E-state index contributed by atoms with van der Waals surface area (Å²) in [4.78, 5) is 23.0. The Kier molecular flexibility index (Phi) is 6.72. The third-order valence-electron chi connectivity index (χ3n) is 3.70. The van der Waals surface area contributed by atoms with Gasteiger partial charge < -0.3 is 15.7 Å². The Morgan fingerprint density at radius 3 is 2.33 bits per heavy atom. The van der Waals surface area contributed by atoms with E-state index in [1.807, 2.05) is 51.1 Å². The highest BCUT2D eigenvalue weighted by molar-refractivity contribution is 5.82. The second kappa shape index (κ2) is 8.29. The molecule has 0 heterocycles. The highest BCUT2D eigenvalue weighted by atomic mass is 16.4. The van der Waals surface area contributed by atoms with Crippen LogP contribution in [-0.4, -0.2) is 29.7 Å². The fourth-order valence-corrected chi connectivity index (χ4v) is 2.02. The number of urea groups is 1. The summed E-state index contributed by atoms with van der Waals surface area (Å²) in [5.74, 6) is -0.945. The first-order chi connectivity index (χ1) is 9.95. The SMILES string of the molecule is CC[C@H](C)[C@H](NC(=O)NCC(C)c1ccccc1)C(=O)O. The van der Waals surface area contributed by atoms with Crippen LogP contribution in [-0.2, 0) is 4.79 Å². The minimum Gasteiger partial charge on any atom is -0.480 e. The lowest BCUT2D eigenvalue weighted by atomic mass is 9.99. The number of rotatable bonds is 7. The highest BCUT2D eigenvalue weighted by Crippen LogP contribution is 2.13. The molecule has 0 fully saturated rings.